The highest BCUT2D eigenvalue weighted by Crippen LogP contribution is 2.37. The minimum absolute atomic E-state index is 0.259. The Kier molecular flexibility index (Phi) is 4.11. The van der Waals surface area contributed by atoms with Gasteiger partial charge in [-0.1, -0.05) is 5.21 Å². The first-order valence-corrected chi connectivity index (χ1v) is 9.83. The summed E-state index contributed by atoms with van der Waals surface area (Å²) in [7, 11) is 1.82. The van der Waals surface area contributed by atoms with Crippen LogP contribution in [0.25, 0.3) is 32.6 Å². The number of rotatable bonds is 3. The summed E-state index contributed by atoms with van der Waals surface area (Å²) < 4.78 is 7.06. The van der Waals surface area contributed by atoms with E-state index in [9.17, 15) is 5.11 Å². The molecule has 4 aromatic heterocycles. The Morgan fingerprint density at radius 3 is 2.96 bits per heavy atom. The molecule has 1 unspecified atom stereocenters. The Morgan fingerprint density at radius 1 is 1.26 bits per heavy atom. The van der Waals surface area contributed by atoms with Crippen LogP contribution in [0.15, 0.2) is 30.5 Å². The van der Waals surface area contributed by atoms with Crippen molar-refractivity contribution in [1.29, 1.82) is 0 Å². The van der Waals surface area contributed by atoms with Crippen molar-refractivity contribution in [3.63, 3.8) is 0 Å². The third kappa shape index (κ3) is 2.99. The predicted octanol–water partition coefficient (Wildman–Crippen LogP) is 3.10. The van der Waals surface area contributed by atoms with Crippen LogP contribution >= 0.6 is 11.3 Å². The van der Waals surface area contributed by atoms with E-state index in [0.29, 0.717) is 0 Å². The number of aliphatic hydroxyl groups is 1. The van der Waals surface area contributed by atoms with Crippen molar-refractivity contribution >= 4 is 32.7 Å². The van der Waals surface area contributed by atoms with E-state index < -0.39 is 6.10 Å². The van der Waals surface area contributed by atoms with Gasteiger partial charge in [0.2, 0.25) is 0 Å². The second-order valence-corrected chi connectivity index (χ2v) is 7.98. The van der Waals surface area contributed by atoms with Gasteiger partial charge in [0.25, 0.3) is 0 Å². The van der Waals surface area contributed by atoms with E-state index in [1.807, 2.05) is 19.2 Å². The molecule has 0 aromatic carbocycles. The first-order valence-electron chi connectivity index (χ1n) is 9.01. The molecule has 1 fully saturated rings. The van der Waals surface area contributed by atoms with Crippen LogP contribution in [0.1, 0.15) is 23.8 Å². The number of thiophene rings is 1. The Morgan fingerprint density at radius 2 is 2.11 bits per heavy atom. The summed E-state index contributed by atoms with van der Waals surface area (Å²) >= 11 is 1.56. The van der Waals surface area contributed by atoms with Crippen molar-refractivity contribution < 1.29 is 9.84 Å². The Bertz CT molecular complexity index is 1120. The zero-order valence-corrected chi connectivity index (χ0v) is 15.7. The van der Waals surface area contributed by atoms with E-state index in [1.165, 1.54) is 0 Å². The number of aromatic nitrogens is 5. The molecule has 27 heavy (non-hydrogen) atoms. The molecule has 1 saturated heterocycles. The number of fused-ring (bicyclic) bond motifs is 2. The minimum atomic E-state index is -0.450. The number of aryl methyl sites for hydroxylation is 1. The van der Waals surface area contributed by atoms with E-state index in [0.717, 1.165) is 63.6 Å². The van der Waals surface area contributed by atoms with Gasteiger partial charge in [0, 0.05) is 42.3 Å². The van der Waals surface area contributed by atoms with Gasteiger partial charge < -0.3 is 9.84 Å². The van der Waals surface area contributed by atoms with Gasteiger partial charge in [-0.2, -0.15) is 0 Å². The number of hydrogen-bond donors (Lipinski definition) is 1. The monoisotopic (exact) mass is 381 g/mol. The SMILES string of the molecule is Cn1nnc2cc(-c3ccc4cc(C(O)C5CCOCC5)sc4n3)cnc21. The molecule has 0 amide bonds. The second kappa shape index (κ2) is 6.63. The van der Waals surface area contributed by atoms with Gasteiger partial charge in [0.05, 0.1) is 11.8 Å². The van der Waals surface area contributed by atoms with Crippen LogP contribution in [0.4, 0.5) is 0 Å². The van der Waals surface area contributed by atoms with Crippen LogP contribution in [-0.2, 0) is 11.8 Å². The average Bonchev–Trinajstić information content (AvgIpc) is 3.31. The van der Waals surface area contributed by atoms with Crippen LogP contribution in [-0.4, -0.2) is 43.3 Å². The summed E-state index contributed by atoms with van der Waals surface area (Å²) in [6, 6.07) is 8.05. The van der Waals surface area contributed by atoms with Gasteiger partial charge in [-0.15, -0.1) is 16.4 Å². The topological polar surface area (TPSA) is 86.0 Å². The average molecular weight is 381 g/mol. The lowest BCUT2D eigenvalue weighted by Gasteiger charge is -2.25. The molecular formula is C19H19N5O2S. The van der Waals surface area contributed by atoms with Gasteiger partial charge in [-0.05, 0) is 43.0 Å². The Hall–Kier alpha value is -2.42. The van der Waals surface area contributed by atoms with Gasteiger partial charge >= 0.3 is 0 Å². The highest BCUT2D eigenvalue weighted by Gasteiger charge is 2.25. The fourth-order valence-electron chi connectivity index (χ4n) is 3.57. The van der Waals surface area contributed by atoms with Gasteiger partial charge in [-0.3, -0.25) is 0 Å². The van der Waals surface area contributed by atoms with Gasteiger partial charge in [0.1, 0.15) is 10.3 Å². The molecule has 138 valence electrons. The molecule has 0 radical (unpaired) electrons. The first kappa shape index (κ1) is 16.7. The molecule has 0 spiro atoms. The number of ether oxygens (including phenoxy) is 1. The normalized spacial score (nSPS) is 17.0. The minimum Gasteiger partial charge on any atom is -0.387 e. The maximum absolute atomic E-state index is 10.8. The number of hydrogen-bond acceptors (Lipinski definition) is 7. The van der Waals surface area contributed by atoms with Crippen molar-refractivity contribution in [1.82, 2.24) is 25.0 Å². The lowest BCUT2D eigenvalue weighted by atomic mass is 9.93. The summed E-state index contributed by atoms with van der Waals surface area (Å²) in [5.74, 6) is 0.259. The van der Waals surface area contributed by atoms with E-state index in [-0.39, 0.29) is 5.92 Å². The summed E-state index contributed by atoms with van der Waals surface area (Å²) in [6.45, 7) is 1.46. The zero-order valence-electron chi connectivity index (χ0n) is 14.9. The molecule has 5 heterocycles. The largest absolute Gasteiger partial charge is 0.387 e. The summed E-state index contributed by atoms with van der Waals surface area (Å²) in [5, 5.41) is 19.9. The smallest absolute Gasteiger partial charge is 0.178 e. The van der Waals surface area contributed by atoms with Crippen molar-refractivity contribution in [2.75, 3.05) is 13.2 Å². The third-order valence-electron chi connectivity index (χ3n) is 5.14. The maximum atomic E-state index is 10.8. The number of nitrogens with zero attached hydrogens (tertiary/aromatic N) is 5. The lowest BCUT2D eigenvalue weighted by molar-refractivity contribution is 0.00856. The van der Waals surface area contributed by atoms with Crippen LogP contribution in [0.5, 0.6) is 0 Å². The molecule has 7 nitrogen and oxygen atoms in total. The number of pyridine rings is 2. The molecule has 0 aliphatic carbocycles. The van der Waals surface area contributed by atoms with Crippen LogP contribution in [0.3, 0.4) is 0 Å². The molecule has 1 N–H and O–H groups in total. The Labute approximate surface area is 159 Å². The van der Waals surface area contributed by atoms with Crippen LogP contribution in [0, 0.1) is 5.92 Å². The zero-order chi connectivity index (χ0) is 18.4. The molecule has 1 aliphatic rings. The highest BCUT2D eigenvalue weighted by atomic mass is 32.1. The van der Waals surface area contributed by atoms with Crippen LogP contribution < -0.4 is 0 Å². The molecule has 0 bridgehead atoms. The van der Waals surface area contributed by atoms with Gasteiger partial charge in [-0.25, -0.2) is 14.6 Å². The number of aliphatic hydroxyl groups excluding tert-OH is 1. The molecule has 0 saturated carbocycles. The fourth-order valence-corrected chi connectivity index (χ4v) is 4.69. The second-order valence-electron chi connectivity index (χ2n) is 6.91. The summed E-state index contributed by atoms with van der Waals surface area (Å²) in [4.78, 5) is 11.1. The van der Waals surface area contributed by atoms with E-state index in [1.54, 1.807) is 22.2 Å². The van der Waals surface area contributed by atoms with E-state index in [4.69, 9.17) is 9.72 Å². The molecule has 1 aliphatic heterocycles. The molecule has 4 aromatic rings. The molecule has 5 rings (SSSR count). The fraction of sp³-hybridized carbons (Fsp3) is 0.368. The standard InChI is InChI=1S/C19H19N5O2S/c1-24-18-15(22-23-24)8-13(10-20-18)14-3-2-12-9-16(27-19(12)21-14)17(25)11-4-6-26-7-5-11/h2-3,8-11,17,25H,4-7H2,1H3. The maximum Gasteiger partial charge on any atom is 0.178 e. The summed E-state index contributed by atoms with van der Waals surface area (Å²) in [5.41, 5.74) is 3.25. The van der Waals surface area contributed by atoms with E-state index in [2.05, 4.69) is 27.4 Å². The van der Waals surface area contributed by atoms with Crippen molar-refractivity contribution in [3.8, 4) is 11.3 Å². The molecule has 1 atom stereocenters. The Balaban J connectivity index is 1.49. The van der Waals surface area contributed by atoms with Crippen molar-refractivity contribution in [3.05, 3.63) is 35.3 Å². The quantitative estimate of drug-likeness (QED) is 0.587. The van der Waals surface area contributed by atoms with E-state index >= 15 is 0 Å². The van der Waals surface area contributed by atoms with Crippen molar-refractivity contribution in [2.45, 2.75) is 18.9 Å². The molecular weight excluding hydrogens is 362 g/mol. The molecule has 8 heteroatoms. The highest BCUT2D eigenvalue weighted by molar-refractivity contribution is 7.18. The lowest BCUT2D eigenvalue weighted by Crippen LogP contribution is -2.21. The summed E-state index contributed by atoms with van der Waals surface area (Å²) in [6.07, 6.45) is 3.15. The third-order valence-corrected chi connectivity index (χ3v) is 6.26. The first-order chi connectivity index (χ1) is 13.2. The van der Waals surface area contributed by atoms with Crippen LogP contribution in [0.2, 0.25) is 0 Å². The predicted molar refractivity (Wildman–Crippen MR) is 103 cm³/mol. The van der Waals surface area contributed by atoms with Crippen molar-refractivity contribution in [2.24, 2.45) is 13.0 Å². The van der Waals surface area contributed by atoms with Gasteiger partial charge in [0.15, 0.2) is 5.65 Å².